The number of nitrogens with one attached hydrogen (secondary N) is 1. The molecule has 0 aromatic heterocycles. The summed E-state index contributed by atoms with van der Waals surface area (Å²) in [4.78, 5) is 24.3. The van der Waals surface area contributed by atoms with Gasteiger partial charge in [0.15, 0.2) is 0 Å². The lowest BCUT2D eigenvalue weighted by atomic mass is 10.2. The Kier molecular flexibility index (Phi) is 9.90. The quantitative estimate of drug-likeness (QED) is 0.329. The van der Waals surface area contributed by atoms with Gasteiger partial charge >= 0.3 is 5.97 Å². The lowest BCUT2D eigenvalue weighted by Crippen LogP contribution is -2.18. The van der Waals surface area contributed by atoms with Crippen LogP contribution in [0.4, 0.5) is 10.1 Å². The van der Waals surface area contributed by atoms with E-state index in [-0.39, 0.29) is 22.6 Å². The smallest absolute Gasteiger partial charge is 0.319 e. The van der Waals surface area contributed by atoms with Gasteiger partial charge in [-0.2, -0.15) is 0 Å². The van der Waals surface area contributed by atoms with Crippen molar-refractivity contribution in [1.29, 1.82) is 0 Å². The van der Waals surface area contributed by atoms with Gasteiger partial charge in [0.2, 0.25) is 5.91 Å². The first-order chi connectivity index (χ1) is 11.9. The fraction of sp³-hybridized carbons (Fsp3) is 0.556. The highest BCUT2D eigenvalue weighted by Gasteiger charge is 2.22. The fourth-order valence-corrected chi connectivity index (χ4v) is 3.73. The Labute approximate surface area is 157 Å². The first kappa shape index (κ1) is 21.8. The van der Waals surface area contributed by atoms with Crippen LogP contribution >= 0.6 is 23.4 Å². The molecule has 4 nitrogen and oxygen atoms in total. The summed E-state index contributed by atoms with van der Waals surface area (Å²) in [5, 5.41) is 2.36. The SMILES string of the molecule is CCCCCC(=O)Nc1cc(SC(CCC)C(=O)OC)c(Cl)cc1F. The number of methoxy groups -OCH3 is 1. The molecular formula is C18H25ClFNO3S. The molecule has 1 amide bonds. The van der Waals surface area contributed by atoms with E-state index in [1.807, 2.05) is 13.8 Å². The number of rotatable bonds is 10. The number of amides is 1. The number of hydrogen-bond donors (Lipinski definition) is 1. The topological polar surface area (TPSA) is 55.4 Å². The van der Waals surface area contributed by atoms with Crippen LogP contribution in [0.3, 0.4) is 0 Å². The van der Waals surface area contributed by atoms with E-state index in [4.69, 9.17) is 16.3 Å². The van der Waals surface area contributed by atoms with E-state index in [2.05, 4.69) is 5.32 Å². The van der Waals surface area contributed by atoms with Crippen molar-refractivity contribution >= 4 is 40.9 Å². The highest BCUT2D eigenvalue weighted by Crippen LogP contribution is 2.36. The van der Waals surface area contributed by atoms with Crippen molar-refractivity contribution in [2.75, 3.05) is 12.4 Å². The zero-order valence-electron chi connectivity index (χ0n) is 14.9. The Morgan fingerprint density at radius 1 is 1.28 bits per heavy atom. The number of carbonyl (C=O) groups excluding carboxylic acids is 2. The van der Waals surface area contributed by atoms with Crippen molar-refractivity contribution in [1.82, 2.24) is 0 Å². The largest absolute Gasteiger partial charge is 0.468 e. The molecule has 0 aliphatic heterocycles. The van der Waals surface area contributed by atoms with Gasteiger partial charge < -0.3 is 10.1 Å². The number of benzene rings is 1. The summed E-state index contributed by atoms with van der Waals surface area (Å²) in [6.07, 6.45) is 4.49. The Morgan fingerprint density at radius 3 is 2.60 bits per heavy atom. The van der Waals surface area contributed by atoms with Gasteiger partial charge in [0.05, 0.1) is 17.8 Å². The number of carbonyl (C=O) groups is 2. The summed E-state index contributed by atoms with van der Waals surface area (Å²) in [5.74, 6) is -1.18. The second-order valence-corrected chi connectivity index (χ2v) is 7.34. The predicted octanol–water partition coefficient (Wildman–Crippen LogP) is 5.43. The van der Waals surface area contributed by atoms with E-state index in [1.54, 1.807) is 0 Å². The molecule has 7 heteroatoms. The molecule has 1 N–H and O–H groups in total. The minimum Gasteiger partial charge on any atom is -0.468 e. The lowest BCUT2D eigenvalue weighted by Gasteiger charge is -2.16. The van der Waals surface area contributed by atoms with E-state index in [0.717, 1.165) is 31.7 Å². The minimum atomic E-state index is -0.594. The minimum absolute atomic E-state index is 0.0773. The molecule has 0 radical (unpaired) electrons. The molecule has 0 aliphatic carbocycles. The molecule has 1 atom stereocenters. The van der Waals surface area contributed by atoms with E-state index < -0.39 is 11.1 Å². The van der Waals surface area contributed by atoms with Gasteiger partial charge in [-0.25, -0.2) is 4.39 Å². The molecule has 0 fully saturated rings. The van der Waals surface area contributed by atoms with Crippen molar-refractivity contribution in [2.24, 2.45) is 0 Å². The summed E-state index contributed by atoms with van der Waals surface area (Å²) >= 11 is 7.33. The van der Waals surface area contributed by atoms with Crippen molar-refractivity contribution < 1.29 is 18.7 Å². The van der Waals surface area contributed by atoms with E-state index in [1.165, 1.54) is 24.9 Å². The van der Waals surface area contributed by atoms with Crippen LogP contribution in [0.2, 0.25) is 5.02 Å². The van der Waals surface area contributed by atoms with Crippen LogP contribution in [0.1, 0.15) is 52.4 Å². The molecular weight excluding hydrogens is 365 g/mol. The Morgan fingerprint density at radius 2 is 2.00 bits per heavy atom. The fourth-order valence-electron chi connectivity index (χ4n) is 2.24. The molecule has 1 aromatic rings. The Balaban J connectivity index is 2.90. The molecule has 140 valence electrons. The summed E-state index contributed by atoms with van der Waals surface area (Å²) in [6.45, 7) is 4.01. The van der Waals surface area contributed by atoms with Gasteiger partial charge in [-0.3, -0.25) is 9.59 Å². The summed E-state index contributed by atoms with van der Waals surface area (Å²) in [5.41, 5.74) is 0.0773. The van der Waals surface area contributed by atoms with Crippen molar-refractivity contribution in [3.8, 4) is 0 Å². The molecule has 0 saturated carbocycles. The summed E-state index contributed by atoms with van der Waals surface area (Å²) in [6, 6.07) is 2.64. The molecule has 1 aromatic carbocycles. The maximum Gasteiger partial charge on any atom is 0.319 e. The predicted molar refractivity (Wildman–Crippen MR) is 101 cm³/mol. The third-order valence-corrected chi connectivity index (χ3v) is 5.32. The van der Waals surface area contributed by atoms with Gasteiger partial charge in [0, 0.05) is 11.3 Å². The normalized spacial score (nSPS) is 11.9. The monoisotopic (exact) mass is 389 g/mol. The first-order valence-electron chi connectivity index (χ1n) is 8.46. The number of thioether (sulfide) groups is 1. The highest BCUT2D eigenvalue weighted by molar-refractivity contribution is 8.00. The van der Waals surface area contributed by atoms with E-state index in [0.29, 0.717) is 17.7 Å². The van der Waals surface area contributed by atoms with Gasteiger partial charge in [0.1, 0.15) is 11.1 Å². The van der Waals surface area contributed by atoms with E-state index >= 15 is 0 Å². The van der Waals surface area contributed by atoms with E-state index in [9.17, 15) is 14.0 Å². The molecule has 0 saturated heterocycles. The Hall–Kier alpha value is -1.27. The van der Waals surface area contributed by atoms with Crippen LogP contribution in [0.5, 0.6) is 0 Å². The molecule has 0 heterocycles. The summed E-state index contributed by atoms with van der Waals surface area (Å²) < 4.78 is 18.9. The zero-order chi connectivity index (χ0) is 18.8. The standard InChI is InChI=1S/C18H25ClFNO3S/c1-4-6-7-9-17(22)21-14-11-16(12(19)10-13(14)20)25-15(8-5-2)18(23)24-3/h10-11,15H,4-9H2,1-3H3,(H,21,22). The number of anilines is 1. The third kappa shape index (κ3) is 7.24. The van der Waals surface area contributed by atoms with Crippen LogP contribution in [-0.4, -0.2) is 24.2 Å². The second-order valence-electron chi connectivity index (χ2n) is 5.69. The maximum atomic E-state index is 14.1. The number of hydrogen-bond acceptors (Lipinski definition) is 4. The molecule has 1 rings (SSSR count). The number of unbranched alkanes of at least 4 members (excludes halogenated alkanes) is 2. The number of ether oxygens (including phenoxy) is 1. The molecule has 0 spiro atoms. The van der Waals surface area contributed by atoms with Crippen molar-refractivity contribution in [3.63, 3.8) is 0 Å². The van der Waals surface area contributed by atoms with Crippen LogP contribution in [0.15, 0.2) is 17.0 Å². The van der Waals surface area contributed by atoms with Crippen LogP contribution < -0.4 is 5.32 Å². The average Bonchev–Trinajstić information content (AvgIpc) is 2.58. The average molecular weight is 390 g/mol. The van der Waals surface area contributed by atoms with Crippen LogP contribution in [-0.2, 0) is 14.3 Å². The lowest BCUT2D eigenvalue weighted by molar-refractivity contribution is -0.140. The zero-order valence-corrected chi connectivity index (χ0v) is 16.4. The Bertz CT molecular complexity index is 598. The number of esters is 1. The summed E-state index contributed by atoms with van der Waals surface area (Å²) in [7, 11) is 1.33. The van der Waals surface area contributed by atoms with Gasteiger partial charge in [-0.05, 0) is 25.0 Å². The second kappa shape index (κ2) is 11.4. The van der Waals surface area contributed by atoms with Crippen molar-refractivity contribution in [2.45, 2.75) is 62.5 Å². The molecule has 0 bridgehead atoms. The number of halogens is 2. The first-order valence-corrected chi connectivity index (χ1v) is 9.72. The van der Waals surface area contributed by atoms with Crippen LogP contribution in [0, 0.1) is 5.82 Å². The van der Waals surface area contributed by atoms with Crippen molar-refractivity contribution in [3.05, 3.63) is 23.0 Å². The third-order valence-electron chi connectivity index (χ3n) is 3.59. The maximum absolute atomic E-state index is 14.1. The van der Waals surface area contributed by atoms with Gasteiger partial charge in [-0.15, -0.1) is 11.8 Å². The highest BCUT2D eigenvalue weighted by atomic mass is 35.5. The molecule has 0 aliphatic rings. The van der Waals surface area contributed by atoms with Gasteiger partial charge in [0.25, 0.3) is 0 Å². The molecule has 25 heavy (non-hydrogen) atoms. The molecule has 1 unspecified atom stereocenters. The van der Waals surface area contributed by atoms with Gasteiger partial charge in [-0.1, -0.05) is 44.7 Å². The van der Waals surface area contributed by atoms with Crippen LogP contribution in [0.25, 0.3) is 0 Å².